The zero-order valence-corrected chi connectivity index (χ0v) is 14.2. The fourth-order valence-corrected chi connectivity index (χ4v) is 4.61. The Balaban J connectivity index is 1.84. The van der Waals surface area contributed by atoms with Gasteiger partial charge in [0.1, 0.15) is 0 Å². The van der Waals surface area contributed by atoms with Crippen molar-refractivity contribution in [2.75, 3.05) is 30.4 Å². The molecule has 1 N–H and O–H groups in total. The van der Waals surface area contributed by atoms with Gasteiger partial charge >= 0.3 is 0 Å². The van der Waals surface area contributed by atoms with E-state index in [0.717, 1.165) is 0 Å². The molecule has 1 aromatic carbocycles. The molecule has 0 aromatic heterocycles. The van der Waals surface area contributed by atoms with Gasteiger partial charge in [-0.2, -0.15) is 8.78 Å². The third-order valence-electron chi connectivity index (χ3n) is 3.67. The lowest BCUT2D eigenvalue weighted by Crippen LogP contribution is -2.40. The van der Waals surface area contributed by atoms with E-state index in [1.54, 1.807) is 31.3 Å². The average Bonchev–Trinajstić information content (AvgIpc) is 2.85. The Morgan fingerprint density at radius 3 is 2.57 bits per heavy atom. The molecule has 0 aliphatic carbocycles. The predicted octanol–water partition coefficient (Wildman–Crippen LogP) is 2.06. The molecule has 5 nitrogen and oxygen atoms in total. The van der Waals surface area contributed by atoms with Crippen molar-refractivity contribution in [2.45, 2.75) is 23.1 Å². The zero-order valence-electron chi connectivity index (χ0n) is 12.5. The van der Waals surface area contributed by atoms with Crippen LogP contribution in [-0.2, 0) is 14.6 Å². The highest BCUT2D eigenvalue weighted by molar-refractivity contribution is 7.99. The van der Waals surface area contributed by atoms with Crippen LogP contribution in [0.2, 0.25) is 0 Å². The lowest BCUT2D eigenvalue weighted by atomic mass is 10.2. The summed E-state index contributed by atoms with van der Waals surface area (Å²) in [7, 11) is -1.44. The number of rotatable bonds is 6. The number of halogens is 2. The molecule has 0 saturated carbocycles. The van der Waals surface area contributed by atoms with E-state index in [1.165, 1.54) is 4.90 Å². The van der Waals surface area contributed by atoms with E-state index in [4.69, 9.17) is 0 Å². The number of anilines is 1. The van der Waals surface area contributed by atoms with Crippen LogP contribution in [0.25, 0.3) is 0 Å². The highest BCUT2D eigenvalue weighted by Gasteiger charge is 2.32. The summed E-state index contributed by atoms with van der Waals surface area (Å²) in [5, 5.41) is 2.91. The lowest BCUT2D eigenvalue weighted by molar-refractivity contribution is -0.129. The van der Waals surface area contributed by atoms with Crippen molar-refractivity contribution in [2.24, 2.45) is 0 Å². The Bertz CT molecular complexity index is 650. The van der Waals surface area contributed by atoms with Crippen LogP contribution in [0.5, 0.6) is 0 Å². The van der Waals surface area contributed by atoms with Gasteiger partial charge in [0.05, 0.1) is 18.1 Å². The Morgan fingerprint density at radius 2 is 2.04 bits per heavy atom. The van der Waals surface area contributed by atoms with Gasteiger partial charge in [-0.05, 0) is 30.7 Å². The van der Waals surface area contributed by atoms with E-state index in [1.807, 2.05) is 0 Å². The van der Waals surface area contributed by atoms with Crippen LogP contribution >= 0.6 is 11.8 Å². The number of benzene rings is 1. The summed E-state index contributed by atoms with van der Waals surface area (Å²) in [6.07, 6.45) is 0.462. The molecular formula is C14H18F2N2O3S2. The van der Waals surface area contributed by atoms with Gasteiger partial charge in [0.15, 0.2) is 9.84 Å². The van der Waals surface area contributed by atoms with E-state index in [0.29, 0.717) is 28.8 Å². The standard InChI is InChI=1S/C14H18F2N2O3S2/c1-18(11-6-7-23(20,21)9-11)13(19)8-17-10-2-4-12(5-3-10)22-14(15)16/h2-5,11,14,17H,6-9H2,1H3/t11-/m1/s1. The van der Waals surface area contributed by atoms with Gasteiger partial charge in [0.25, 0.3) is 5.76 Å². The number of amides is 1. The first-order valence-electron chi connectivity index (χ1n) is 7.02. The average molecular weight is 364 g/mol. The first kappa shape index (κ1) is 18.0. The Kier molecular flexibility index (Phi) is 5.85. The normalized spacial score (nSPS) is 19.7. The molecule has 0 unspecified atom stereocenters. The molecule has 1 amide bonds. The van der Waals surface area contributed by atoms with Crippen LogP contribution in [0, 0.1) is 0 Å². The van der Waals surface area contributed by atoms with Crippen LogP contribution in [0.1, 0.15) is 6.42 Å². The molecule has 1 aliphatic rings. The van der Waals surface area contributed by atoms with Gasteiger partial charge in [0.2, 0.25) is 5.91 Å². The number of likely N-dealkylation sites (N-methyl/N-ethyl adjacent to an activating group) is 1. The van der Waals surface area contributed by atoms with E-state index < -0.39 is 15.6 Å². The van der Waals surface area contributed by atoms with Gasteiger partial charge in [-0.1, -0.05) is 11.8 Å². The van der Waals surface area contributed by atoms with Crippen LogP contribution in [-0.4, -0.2) is 56.1 Å². The number of nitrogens with one attached hydrogen (secondary N) is 1. The molecule has 1 aliphatic heterocycles. The van der Waals surface area contributed by atoms with Crippen molar-refractivity contribution in [3.8, 4) is 0 Å². The number of alkyl halides is 2. The van der Waals surface area contributed by atoms with Gasteiger partial charge in [-0.25, -0.2) is 8.42 Å². The van der Waals surface area contributed by atoms with E-state index in [2.05, 4.69) is 5.32 Å². The van der Waals surface area contributed by atoms with E-state index >= 15 is 0 Å². The maximum Gasteiger partial charge on any atom is 0.288 e. The van der Waals surface area contributed by atoms with E-state index in [-0.39, 0.29) is 30.0 Å². The van der Waals surface area contributed by atoms with Crippen molar-refractivity contribution in [3.05, 3.63) is 24.3 Å². The number of thioether (sulfide) groups is 1. The SMILES string of the molecule is CN(C(=O)CNc1ccc(SC(F)F)cc1)[C@@H]1CCS(=O)(=O)C1. The smallest absolute Gasteiger partial charge is 0.288 e. The number of sulfone groups is 1. The summed E-state index contributed by atoms with van der Waals surface area (Å²) < 4.78 is 47.3. The van der Waals surface area contributed by atoms with Crippen LogP contribution in [0.15, 0.2) is 29.2 Å². The third kappa shape index (κ3) is 5.35. The van der Waals surface area contributed by atoms with Crippen molar-refractivity contribution in [1.82, 2.24) is 4.90 Å². The van der Waals surface area contributed by atoms with Crippen molar-refractivity contribution < 1.29 is 22.0 Å². The van der Waals surface area contributed by atoms with Crippen LogP contribution in [0.4, 0.5) is 14.5 Å². The number of carbonyl (C=O) groups excluding carboxylic acids is 1. The molecule has 0 spiro atoms. The molecule has 1 heterocycles. The maximum atomic E-state index is 12.2. The van der Waals surface area contributed by atoms with Gasteiger partial charge in [-0.3, -0.25) is 4.79 Å². The second kappa shape index (κ2) is 7.48. The largest absolute Gasteiger partial charge is 0.376 e. The maximum absolute atomic E-state index is 12.2. The molecule has 23 heavy (non-hydrogen) atoms. The first-order valence-corrected chi connectivity index (χ1v) is 9.72. The second-order valence-corrected chi connectivity index (χ2v) is 8.61. The Morgan fingerprint density at radius 1 is 1.39 bits per heavy atom. The molecule has 1 fully saturated rings. The zero-order chi connectivity index (χ0) is 17.0. The van der Waals surface area contributed by atoms with Gasteiger partial charge < -0.3 is 10.2 Å². The summed E-state index contributed by atoms with van der Waals surface area (Å²) in [6.45, 7) is 0.0222. The summed E-state index contributed by atoms with van der Waals surface area (Å²) in [6, 6.07) is 6.07. The molecule has 0 radical (unpaired) electrons. The lowest BCUT2D eigenvalue weighted by Gasteiger charge is -2.23. The van der Waals surface area contributed by atoms with Crippen LogP contribution in [0.3, 0.4) is 0 Å². The fraction of sp³-hybridized carbons (Fsp3) is 0.500. The summed E-state index contributed by atoms with van der Waals surface area (Å²) in [5.74, 6) is -2.55. The van der Waals surface area contributed by atoms with Crippen molar-refractivity contribution in [1.29, 1.82) is 0 Å². The quantitative estimate of drug-likeness (QED) is 0.783. The minimum absolute atomic E-state index is 0.00872. The van der Waals surface area contributed by atoms with Crippen LogP contribution < -0.4 is 5.32 Å². The molecule has 9 heteroatoms. The molecule has 128 valence electrons. The minimum Gasteiger partial charge on any atom is -0.376 e. The topological polar surface area (TPSA) is 66.5 Å². The second-order valence-electron chi connectivity index (χ2n) is 5.32. The monoisotopic (exact) mass is 364 g/mol. The number of nitrogens with zero attached hydrogens (tertiary/aromatic N) is 1. The summed E-state index contributed by atoms with van der Waals surface area (Å²) in [4.78, 5) is 14.0. The predicted molar refractivity (Wildman–Crippen MR) is 86.6 cm³/mol. The van der Waals surface area contributed by atoms with E-state index in [9.17, 15) is 22.0 Å². The molecule has 1 saturated heterocycles. The Hall–Kier alpha value is -1.35. The van der Waals surface area contributed by atoms with Crippen molar-refractivity contribution in [3.63, 3.8) is 0 Å². The number of hydrogen-bond donors (Lipinski definition) is 1. The summed E-state index contributed by atoms with van der Waals surface area (Å²) >= 11 is 0.460. The summed E-state index contributed by atoms with van der Waals surface area (Å²) in [5.41, 5.74) is 0.643. The van der Waals surface area contributed by atoms with Gasteiger partial charge in [0, 0.05) is 23.7 Å². The molecule has 1 atom stereocenters. The highest BCUT2D eigenvalue weighted by atomic mass is 32.2. The molecule has 1 aromatic rings. The fourth-order valence-electron chi connectivity index (χ4n) is 2.34. The Labute approximate surface area is 138 Å². The minimum atomic E-state index is -3.03. The third-order valence-corrected chi connectivity index (χ3v) is 6.15. The first-order chi connectivity index (χ1) is 10.8. The molecule has 0 bridgehead atoms. The van der Waals surface area contributed by atoms with Gasteiger partial charge in [-0.15, -0.1) is 0 Å². The van der Waals surface area contributed by atoms with Crippen molar-refractivity contribution >= 4 is 33.2 Å². The number of carbonyl (C=O) groups is 1. The number of hydrogen-bond acceptors (Lipinski definition) is 5. The molecule has 2 rings (SSSR count). The molecular weight excluding hydrogens is 346 g/mol. The highest BCUT2D eigenvalue weighted by Crippen LogP contribution is 2.26.